The maximum Gasteiger partial charge on any atom is 0.500 e. The van der Waals surface area contributed by atoms with Crippen molar-refractivity contribution >= 4 is 23.1 Å². The zero-order valence-electron chi connectivity index (χ0n) is 13.4. The van der Waals surface area contributed by atoms with Crippen LogP contribution in [0.3, 0.4) is 0 Å². The Morgan fingerprint density at radius 1 is 1.00 bits per heavy atom. The summed E-state index contributed by atoms with van der Waals surface area (Å²) in [5.41, 5.74) is 0. The SMILES string of the molecule is CCCP(=O)(CCC)[PH](=O)CCC[Si](OC)(OC)OC. The van der Waals surface area contributed by atoms with Gasteiger partial charge in [0, 0.05) is 45.9 Å². The van der Waals surface area contributed by atoms with E-state index in [1.807, 2.05) is 13.8 Å². The fourth-order valence-corrected chi connectivity index (χ4v) is 12.0. The summed E-state index contributed by atoms with van der Waals surface area (Å²) < 4.78 is 41.1. The van der Waals surface area contributed by atoms with Crippen LogP contribution in [-0.2, 0) is 22.4 Å². The molecule has 122 valence electrons. The summed E-state index contributed by atoms with van der Waals surface area (Å²) in [4.78, 5) is 0. The van der Waals surface area contributed by atoms with Gasteiger partial charge >= 0.3 is 8.80 Å². The van der Waals surface area contributed by atoms with Gasteiger partial charge in [-0.1, -0.05) is 13.8 Å². The van der Waals surface area contributed by atoms with E-state index < -0.39 is 23.1 Å². The minimum Gasteiger partial charge on any atom is -0.377 e. The Labute approximate surface area is 125 Å². The molecular weight excluding hydrogens is 314 g/mol. The summed E-state index contributed by atoms with van der Waals surface area (Å²) in [5.74, 6) is 0. The van der Waals surface area contributed by atoms with Crippen molar-refractivity contribution in [3.8, 4) is 0 Å². The summed E-state index contributed by atoms with van der Waals surface area (Å²) in [7, 11) is 0.0829. The lowest BCUT2D eigenvalue weighted by Gasteiger charge is -2.24. The van der Waals surface area contributed by atoms with Crippen molar-refractivity contribution in [3.63, 3.8) is 0 Å². The molecule has 0 aliphatic heterocycles. The topological polar surface area (TPSA) is 61.8 Å². The number of hydrogen-bond acceptors (Lipinski definition) is 5. The minimum absolute atomic E-state index is 0.507. The van der Waals surface area contributed by atoms with Crippen molar-refractivity contribution in [2.75, 3.05) is 39.8 Å². The van der Waals surface area contributed by atoms with E-state index in [9.17, 15) is 9.13 Å². The highest BCUT2D eigenvalue weighted by molar-refractivity contribution is 8.27. The van der Waals surface area contributed by atoms with Crippen LogP contribution in [0.15, 0.2) is 0 Å². The van der Waals surface area contributed by atoms with Crippen LogP contribution in [0.4, 0.5) is 0 Å². The molecule has 20 heavy (non-hydrogen) atoms. The molecule has 0 bridgehead atoms. The second kappa shape index (κ2) is 10.3. The van der Waals surface area contributed by atoms with Crippen molar-refractivity contribution < 1.29 is 22.4 Å². The molecule has 0 saturated carbocycles. The summed E-state index contributed by atoms with van der Waals surface area (Å²) in [6.07, 6.45) is 4.07. The predicted octanol–water partition coefficient (Wildman–Crippen LogP) is 3.91. The van der Waals surface area contributed by atoms with Gasteiger partial charge in [0.25, 0.3) is 0 Å². The van der Waals surface area contributed by atoms with Crippen LogP contribution < -0.4 is 0 Å². The largest absolute Gasteiger partial charge is 0.500 e. The lowest BCUT2D eigenvalue weighted by Crippen LogP contribution is -2.42. The normalized spacial score (nSPS) is 14.4. The van der Waals surface area contributed by atoms with Gasteiger partial charge in [0.2, 0.25) is 0 Å². The van der Waals surface area contributed by atoms with Crippen LogP contribution in [0.25, 0.3) is 0 Å². The Kier molecular flexibility index (Phi) is 10.6. The Bertz CT molecular complexity index is 316. The van der Waals surface area contributed by atoms with E-state index in [2.05, 4.69) is 0 Å². The molecule has 5 nitrogen and oxygen atoms in total. The Balaban J connectivity index is 4.50. The first-order chi connectivity index (χ1) is 9.43. The van der Waals surface area contributed by atoms with Crippen molar-refractivity contribution in [2.24, 2.45) is 0 Å². The second-order valence-electron chi connectivity index (χ2n) is 4.88. The average Bonchev–Trinajstić information content (AvgIpc) is 2.44. The van der Waals surface area contributed by atoms with Crippen LogP contribution in [-0.4, -0.2) is 48.6 Å². The summed E-state index contributed by atoms with van der Waals surface area (Å²) in [5, 5.41) is 0. The Morgan fingerprint density at radius 3 is 1.80 bits per heavy atom. The molecule has 0 fully saturated rings. The summed E-state index contributed by atoms with van der Waals surface area (Å²) in [6, 6.07) is 0.616. The van der Waals surface area contributed by atoms with Gasteiger partial charge in [-0.3, -0.25) is 0 Å². The van der Waals surface area contributed by atoms with Gasteiger partial charge in [-0.2, -0.15) is 0 Å². The average molecular weight is 344 g/mol. The molecular formula is C12H30O5P2Si. The van der Waals surface area contributed by atoms with Gasteiger partial charge in [0.05, 0.1) is 0 Å². The van der Waals surface area contributed by atoms with E-state index >= 15 is 0 Å². The van der Waals surface area contributed by atoms with Crippen molar-refractivity contribution in [3.05, 3.63) is 0 Å². The Morgan fingerprint density at radius 2 is 1.45 bits per heavy atom. The molecule has 0 spiro atoms. The van der Waals surface area contributed by atoms with Gasteiger partial charge in [-0.15, -0.1) is 0 Å². The molecule has 0 aromatic heterocycles. The van der Waals surface area contributed by atoms with Gasteiger partial charge in [-0.05, 0) is 19.3 Å². The fourth-order valence-electron chi connectivity index (χ4n) is 2.30. The maximum atomic E-state index is 12.7. The predicted molar refractivity (Wildman–Crippen MR) is 88.0 cm³/mol. The molecule has 8 heteroatoms. The van der Waals surface area contributed by atoms with E-state index in [1.165, 1.54) is 0 Å². The van der Waals surface area contributed by atoms with Crippen molar-refractivity contribution in [2.45, 2.75) is 39.2 Å². The van der Waals surface area contributed by atoms with Crippen LogP contribution in [0, 0.1) is 0 Å². The number of rotatable bonds is 12. The van der Waals surface area contributed by atoms with E-state index in [4.69, 9.17) is 13.3 Å². The molecule has 1 atom stereocenters. The smallest absolute Gasteiger partial charge is 0.377 e. The van der Waals surface area contributed by atoms with E-state index in [1.54, 1.807) is 21.3 Å². The molecule has 0 amide bonds. The van der Waals surface area contributed by atoms with Crippen LogP contribution >= 0.6 is 14.3 Å². The first-order valence-electron chi connectivity index (χ1n) is 7.20. The van der Waals surface area contributed by atoms with Crippen LogP contribution in [0.2, 0.25) is 6.04 Å². The molecule has 0 aliphatic rings. The zero-order chi connectivity index (χ0) is 15.6. The molecule has 0 saturated heterocycles. The molecule has 1 unspecified atom stereocenters. The third-order valence-electron chi connectivity index (χ3n) is 3.43. The molecule has 0 aliphatic carbocycles. The van der Waals surface area contributed by atoms with Crippen LogP contribution in [0.1, 0.15) is 33.1 Å². The lowest BCUT2D eigenvalue weighted by molar-refractivity contribution is 0.123. The standard InChI is InChI=1S/C12H30O5P2Si/c1-6-10-19(14,11-7-2)18(13)9-8-12-20(15-3,16-4)17-5/h18H,6-12H2,1-5H3. The van der Waals surface area contributed by atoms with Gasteiger partial charge in [0.15, 0.2) is 0 Å². The first kappa shape index (κ1) is 20.6. The quantitative estimate of drug-likeness (QED) is 0.397. The molecule has 0 aromatic rings. The van der Waals surface area contributed by atoms with Crippen LogP contribution in [0.5, 0.6) is 0 Å². The van der Waals surface area contributed by atoms with Gasteiger partial charge in [-0.25, -0.2) is 0 Å². The van der Waals surface area contributed by atoms with Gasteiger partial charge < -0.3 is 22.4 Å². The monoisotopic (exact) mass is 344 g/mol. The lowest BCUT2D eigenvalue weighted by atomic mass is 10.6. The Hall–Kier alpha value is 0.557. The minimum atomic E-state index is -2.59. The molecule has 0 radical (unpaired) electrons. The summed E-state index contributed by atoms with van der Waals surface area (Å²) in [6.45, 7) is 1.51. The zero-order valence-corrected chi connectivity index (χ0v) is 16.3. The second-order valence-corrected chi connectivity index (χ2v) is 15.9. The molecule has 0 aromatic carbocycles. The van der Waals surface area contributed by atoms with Crippen molar-refractivity contribution in [1.82, 2.24) is 0 Å². The van der Waals surface area contributed by atoms with Crippen molar-refractivity contribution in [1.29, 1.82) is 0 Å². The highest BCUT2D eigenvalue weighted by atomic mass is 32.1. The fraction of sp³-hybridized carbons (Fsp3) is 1.00. The third-order valence-corrected chi connectivity index (χ3v) is 15.0. The van der Waals surface area contributed by atoms with Gasteiger partial charge in [0.1, 0.15) is 14.3 Å². The molecule has 0 rings (SSSR count). The highest BCUT2D eigenvalue weighted by Gasteiger charge is 2.37. The first-order valence-corrected chi connectivity index (χ1v) is 13.7. The highest BCUT2D eigenvalue weighted by Crippen LogP contribution is 2.69. The van der Waals surface area contributed by atoms with E-state index in [0.717, 1.165) is 12.8 Å². The third kappa shape index (κ3) is 6.13. The summed E-state index contributed by atoms with van der Waals surface area (Å²) >= 11 is 0. The number of hydrogen-bond donors (Lipinski definition) is 0. The maximum absolute atomic E-state index is 12.7. The molecule has 0 heterocycles. The van der Waals surface area contributed by atoms with E-state index in [-0.39, 0.29) is 0 Å². The van der Waals surface area contributed by atoms with E-state index in [0.29, 0.717) is 31.0 Å². The molecule has 0 N–H and O–H groups in total.